The Balaban J connectivity index is 1.99. The summed E-state index contributed by atoms with van der Waals surface area (Å²) < 4.78 is 5.14. The van der Waals surface area contributed by atoms with Gasteiger partial charge in [-0.05, 0) is 23.8 Å². The minimum Gasteiger partial charge on any atom is -0.505 e. The summed E-state index contributed by atoms with van der Waals surface area (Å²) in [6, 6.07) is 12.6. The topological polar surface area (TPSA) is 111 Å². The smallest absolute Gasteiger partial charge is 0.313 e. The van der Waals surface area contributed by atoms with Crippen LogP contribution in [0.25, 0.3) is 22.6 Å². The maximum atomic E-state index is 9.96. The lowest BCUT2D eigenvalue weighted by molar-refractivity contribution is 0.480. The normalized spacial score (nSPS) is 10.6. The Bertz CT molecular complexity index is 750. The first kappa shape index (κ1) is 12.0. The van der Waals surface area contributed by atoms with Crippen LogP contribution in [0.1, 0.15) is 0 Å². The van der Waals surface area contributed by atoms with E-state index in [0.29, 0.717) is 17.1 Å². The highest BCUT2D eigenvalue weighted by Gasteiger charge is 2.09. The van der Waals surface area contributed by atoms with Crippen molar-refractivity contribution in [1.29, 1.82) is 0 Å². The molecule has 0 aliphatic heterocycles. The number of benzene rings is 2. The molecule has 0 aliphatic carbocycles. The van der Waals surface area contributed by atoms with E-state index in [2.05, 4.69) is 10.2 Å². The molecule has 0 atom stereocenters. The number of phenolic OH excluding ortho intramolecular Hbond substituents is 1. The van der Waals surface area contributed by atoms with Crippen LogP contribution in [0.3, 0.4) is 0 Å². The third-order valence-corrected chi connectivity index (χ3v) is 2.95. The second-order valence-corrected chi connectivity index (χ2v) is 4.27. The number of nitrogens with zero attached hydrogens (tertiary/aromatic N) is 2. The molecule has 0 bridgehead atoms. The number of rotatable bonds is 2. The summed E-state index contributed by atoms with van der Waals surface area (Å²) in [5.74, 6) is 0.424. The van der Waals surface area contributed by atoms with Crippen molar-refractivity contribution in [1.82, 2.24) is 10.2 Å². The van der Waals surface area contributed by atoms with E-state index in [-0.39, 0.29) is 11.8 Å². The molecule has 1 heterocycles. The highest BCUT2D eigenvalue weighted by atomic mass is 16.4. The Labute approximate surface area is 114 Å². The molecule has 3 aromatic rings. The maximum absolute atomic E-state index is 9.96. The first-order chi connectivity index (χ1) is 9.65. The lowest BCUT2D eigenvalue weighted by Crippen LogP contribution is -1.88. The number of aromatic nitrogens is 2. The molecule has 0 amide bonds. The van der Waals surface area contributed by atoms with Crippen LogP contribution in [0.5, 0.6) is 5.75 Å². The molecule has 5 N–H and O–H groups in total. The van der Waals surface area contributed by atoms with Gasteiger partial charge in [0.15, 0.2) is 0 Å². The van der Waals surface area contributed by atoms with Crippen molar-refractivity contribution in [2.75, 3.05) is 11.5 Å². The van der Waals surface area contributed by atoms with Crippen LogP contribution in [0.2, 0.25) is 0 Å². The molecule has 6 nitrogen and oxygen atoms in total. The monoisotopic (exact) mass is 268 g/mol. The van der Waals surface area contributed by atoms with Crippen LogP contribution >= 0.6 is 0 Å². The van der Waals surface area contributed by atoms with Gasteiger partial charge >= 0.3 is 6.01 Å². The number of hydrogen-bond acceptors (Lipinski definition) is 6. The summed E-state index contributed by atoms with van der Waals surface area (Å²) in [4.78, 5) is 0. The van der Waals surface area contributed by atoms with E-state index in [0.717, 1.165) is 11.1 Å². The predicted molar refractivity (Wildman–Crippen MR) is 75.7 cm³/mol. The molecule has 0 spiro atoms. The van der Waals surface area contributed by atoms with Gasteiger partial charge in [-0.25, -0.2) is 0 Å². The van der Waals surface area contributed by atoms with Crippen LogP contribution in [0.15, 0.2) is 46.9 Å². The highest BCUT2D eigenvalue weighted by Crippen LogP contribution is 2.34. The summed E-state index contributed by atoms with van der Waals surface area (Å²) >= 11 is 0. The van der Waals surface area contributed by atoms with Crippen molar-refractivity contribution >= 4 is 11.7 Å². The van der Waals surface area contributed by atoms with Gasteiger partial charge in [-0.15, -0.1) is 5.10 Å². The zero-order valence-electron chi connectivity index (χ0n) is 10.4. The van der Waals surface area contributed by atoms with Crippen LogP contribution < -0.4 is 11.5 Å². The minimum atomic E-state index is 0.0255. The van der Waals surface area contributed by atoms with E-state index in [1.807, 2.05) is 24.3 Å². The van der Waals surface area contributed by atoms with Gasteiger partial charge in [0.25, 0.3) is 0 Å². The second-order valence-electron chi connectivity index (χ2n) is 4.27. The van der Waals surface area contributed by atoms with Crippen LogP contribution in [-0.2, 0) is 0 Å². The average Bonchev–Trinajstić information content (AvgIpc) is 2.89. The number of phenols is 1. The Morgan fingerprint density at radius 1 is 0.900 bits per heavy atom. The molecule has 0 aliphatic rings. The van der Waals surface area contributed by atoms with Crippen molar-refractivity contribution in [3.8, 4) is 28.3 Å². The molecule has 0 saturated heterocycles. The summed E-state index contributed by atoms with van der Waals surface area (Å²) in [7, 11) is 0. The average molecular weight is 268 g/mol. The van der Waals surface area contributed by atoms with Crippen LogP contribution in [0, 0.1) is 0 Å². The largest absolute Gasteiger partial charge is 0.505 e. The third-order valence-electron chi connectivity index (χ3n) is 2.95. The van der Waals surface area contributed by atoms with Gasteiger partial charge in [0.1, 0.15) is 5.75 Å². The number of aromatic hydroxyl groups is 1. The lowest BCUT2D eigenvalue weighted by Gasteiger charge is -2.07. The van der Waals surface area contributed by atoms with Gasteiger partial charge in [0.2, 0.25) is 5.89 Å². The van der Waals surface area contributed by atoms with Crippen molar-refractivity contribution in [3.05, 3.63) is 42.5 Å². The molecule has 0 radical (unpaired) electrons. The fourth-order valence-electron chi connectivity index (χ4n) is 1.94. The van der Waals surface area contributed by atoms with Gasteiger partial charge < -0.3 is 21.0 Å². The maximum Gasteiger partial charge on any atom is 0.313 e. The molecule has 0 unspecified atom stereocenters. The van der Waals surface area contributed by atoms with Crippen LogP contribution in [0.4, 0.5) is 11.7 Å². The highest BCUT2D eigenvalue weighted by molar-refractivity contribution is 5.77. The first-order valence-corrected chi connectivity index (χ1v) is 5.92. The van der Waals surface area contributed by atoms with E-state index >= 15 is 0 Å². The zero-order chi connectivity index (χ0) is 14.1. The third kappa shape index (κ3) is 2.03. The molecule has 100 valence electrons. The van der Waals surface area contributed by atoms with Gasteiger partial charge in [-0.1, -0.05) is 29.4 Å². The van der Waals surface area contributed by atoms with Crippen molar-refractivity contribution in [2.45, 2.75) is 0 Å². The fraction of sp³-hybridized carbons (Fsp3) is 0. The molecular weight excluding hydrogens is 256 g/mol. The van der Waals surface area contributed by atoms with Gasteiger partial charge in [0.05, 0.1) is 5.69 Å². The molecule has 0 fully saturated rings. The van der Waals surface area contributed by atoms with E-state index < -0.39 is 0 Å². The Morgan fingerprint density at radius 2 is 1.60 bits per heavy atom. The fourth-order valence-corrected chi connectivity index (χ4v) is 1.94. The van der Waals surface area contributed by atoms with Gasteiger partial charge in [-0.3, -0.25) is 0 Å². The molecular formula is C14H12N4O2. The minimum absolute atomic E-state index is 0.0255. The van der Waals surface area contributed by atoms with Crippen molar-refractivity contribution < 1.29 is 9.52 Å². The SMILES string of the molecule is Nc1nnc(-c2ccc(-c3cccc(N)c3O)cc2)o1. The summed E-state index contributed by atoms with van der Waals surface area (Å²) in [6.45, 7) is 0. The van der Waals surface area contributed by atoms with Crippen molar-refractivity contribution in [2.24, 2.45) is 0 Å². The molecule has 1 aromatic heterocycles. The standard InChI is InChI=1S/C14H12N4O2/c15-11-3-1-2-10(12(11)19)8-4-6-9(7-5-8)13-17-18-14(16)20-13/h1-7,19H,15H2,(H2,16,18). The number of anilines is 2. The van der Waals surface area contributed by atoms with E-state index in [1.54, 1.807) is 18.2 Å². The number of nitrogens with two attached hydrogens (primary N) is 2. The summed E-state index contributed by atoms with van der Waals surface area (Å²) in [6.07, 6.45) is 0. The predicted octanol–water partition coefficient (Wildman–Crippen LogP) is 2.27. The Morgan fingerprint density at radius 3 is 2.25 bits per heavy atom. The van der Waals surface area contributed by atoms with Gasteiger partial charge in [0, 0.05) is 11.1 Å². The lowest BCUT2D eigenvalue weighted by atomic mass is 10.0. The molecule has 20 heavy (non-hydrogen) atoms. The zero-order valence-corrected chi connectivity index (χ0v) is 10.4. The van der Waals surface area contributed by atoms with E-state index in [9.17, 15) is 5.11 Å². The number of nitrogen functional groups attached to an aromatic ring is 2. The summed E-state index contributed by atoms with van der Waals surface area (Å²) in [5, 5.41) is 17.4. The molecule has 3 rings (SSSR count). The molecule has 0 saturated carbocycles. The molecule has 6 heteroatoms. The Kier molecular flexibility index (Phi) is 2.76. The quantitative estimate of drug-likeness (QED) is 0.485. The summed E-state index contributed by atoms with van der Waals surface area (Å²) in [5.41, 5.74) is 13.7. The van der Waals surface area contributed by atoms with E-state index in [4.69, 9.17) is 15.9 Å². The number of hydrogen-bond donors (Lipinski definition) is 3. The van der Waals surface area contributed by atoms with Crippen molar-refractivity contribution in [3.63, 3.8) is 0 Å². The first-order valence-electron chi connectivity index (χ1n) is 5.92. The van der Waals surface area contributed by atoms with Gasteiger partial charge in [-0.2, -0.15) is 0 Å². The van der Waals surface area contributed by atoms with Crippen LogP contribution in [-0.4, -0.2) is 15.3 Å². The Hall–Kier alpha value is -3.02. The number of para-hydroxylation sites is 1. The van der Waals surface area contributed by atoms with E-state index in [1.165, 1.54) is 0 Å². The second kappa shape index (κ2) is 4.58. The molecule has 2 aromatic carbocycles.